The quantitative estimate of drug-likeness (QED) is 0.0215. The summed E-state index contributed by atoms with van der Waals surface area (Å²) in [5.74, 6) is -0.718. The Kier molecular flexibility index (Phi) is 44.8. The second kappa shape index (κ2) is 47.3. The van der Waals surface area contributed by atoms with E-state index < -0.39 is 74.2 Å². The van der Waals surface area contributed by atoms with Crippen LogP contribution in [-0.2, 0) is 14.3 Å². The van der Waals surface area contributed by atoms with Crippen LogP contribution in [0.4, 0.5) is 0 Å². The molecule has 0 spiro atoms. The van der Waals surface area contributed by atoms with E-state index in [9.17, 15) is 40.5 Å². The molecule has 0 aromatic heterocycles. The van der Waals surface area contributed by atoms with Crippen LogP contribution in [0.2, 0.25) is 0 Å². The van der Waals surface area contributed by atoms with Crippen LogP contribution in [0.25, 0.3) is 0 Å². The standard InChI is InChI=1S/C58H109NO10/c1-3-5-7-9-11-13-15-17-19-20-21-22-23-24-25-26-27-28-29-30-32-33-35-37-39-41-43-45-50(61)53(63)49(48-68-58-56(66)55(65)54(64)52(47-60)69-58)59-57(67)51(62)46-44-42-40-38-36-34-31-18-16-14-12-10-8-6-4-2/h30-32,34,37,39,49-56,58,60-66H,3-29,33,35-36,38,40-48H2,1-2H3,(H,59,67)/b32-30+,34-31-,39-37+. The smallest absolute Gasteiger partial charge is 0.249 e. The number of ether oxygens (including phenoxy) is 2. The van der Waals surface area contributed by atoms with Crippen LogP contribution in [0.3, 0.4) is 0 Å². The van der Waals surface area contributed by atoms with Crippen molar-refractivity contribution in [3.05, 3.63) is 36.5 Å². The van der Waals surface area contributed by atoms with Crippen molar-refractivity contribution in [1.29, 1.82) is 0 Å². The lowest BCUT2D eigenvalue weighted by molar-refractivity contribution is -0.303. The zero-order chi connectivity index (χ0) is 50.4. The van der Waals surface area contributed by atoms with Crippen LogP contribution in [-0.4, -0.2) is 110 Å². The van der Waals surface area contributed by atoms with Crippen molar-refractivity contribution in [3.8, 4) is 0 Å². The fraction of sp³-hybridized carbons (Fsp3) is 0.879. The molecule has 406 valence electrons. The zero-order valence-electron chi connectivity index (χ0n) is 44.3. The van der Waals surface area contributed by atoms with Gasteiger partial charge in [0.1, 0.15) is 36.6 Å². The van der Waals surface area contributed by atoms with E-state index in [0.29, 0.717) is 19.3 Å². The van der Waals surface area contributed by atoms with Gasteiger partial charge >= 0.3 is 0 Å². The van der Waals surface area contributed by atoms with Crippen molar-refractivity contribution in [3.63, 3.8) is 0 Å². The summed E-state index contributed by atoms with van der Waals surface area (Å²) in [6.07, 6.45) is 46.4. The molecular formula is C58H109NO10. The summed E-state index contributed by atoms with van der Waals surface area (Å²) < 4.78 is 11.1. The molecule has 69 heavy (non-hydrogen) atoms. The van der Waals surface area contributed by atoms with Gasteiger partial charge in [0, 0.05) is 0 Å². The number of nitrogens with one attached hydrogen (secondary N) is 1. The largest absolute Gasteiger partial charge is 0.394 e. The first kappa shape index (κ1) is 65.3. The van der Waals surface area contributed by atoms with Crippen LogP contribution in [0, 0.1) is 0 Å². The van der Waals surface area contributed by atoms with Gasteiger partial charge < -0.3 is 50.5 Å². The summed E-state index contributed by atoms with van der Waals surface area (Å²) in [6, 6.07) is -1.20. The molecular weight excluding hydrogens is 871 g/mol. The molecule has 1 aliphatic rings. The molecule has 0 aromatic carbocycles. The van der Waals surface area contributed by atoms with Gasteiger partial charge in [0.25, 0.3) is 0 Å². The SMILES string of the molecule is CCCCCCCCC/C=C\CCCCCCC(O)C(=O)NC(COC1OC(CO)C(O)C(O)C1O)C(O)C(O)CCC/C=C/CC/C=C/CCCCCCCCCCCCCCCCCCCC. The van der Waals surface area contributed by atoms with Gasteiger partial charge in [-0.25, -0.2) is 0 Å². The summed E-state index contributed by atoms with van der Waals surface area (Å²) in [4.78, 5) is 13.1. The summed E-state index contributed by atoms with van der Waals surface area (Å²) in [5.41, 5.74) is 0. The molecule has 1 aliphatic heterocycles. The minimum atomic E-state index is -1.67. The van der Waals surface area contributed by atoms with Crippen LogP contribution in [0.1, 0.15) is 258 Å². The molecule has 0 aromatic rings. The Labute approximate surface area is 422 Å². The lowest BCUT2D eigenvalue weighted by Crippen LogP contribution is -2.60. The molecule has 11 heteroatoms. The number of hydrogen-bond acceptors (Lipinski definition) is 10. The molecule has 0 bridgehead atoms. The van der Waals surface area contributed by atoms with Crippen molar-refractivity contribution in [1.82, 2.24) is 5.32 Å². The first-order valence-corrected chi connectivity index (χ1v) is 28.9. The molecule has 0 radical (unpaired) electrons. The molecule has 8 N–H and O–H groups in total. The third kappa shape index (κ3) is 36.0. The maximum Gasteiger partial charge on any atom is 0.249 e. The van der Waals surface area contributed by atoms with Gasteiger partial charge in [-0.15, -0.1) is 0 Å². The number of allylic oxidation sites excluding steroid dienone is 6. The van der Waals surface area contributed by atoms with E-state index in [1.165, 1.54) is 161 Å². The van der Waals surface area contributed by atoms with Gasteiger partial charge in [0.05, 0.1) is 25.4 Å². The molecule has 9 unspecified atom stereocenters. The third-order valence-corrected chi connectivity index (χ3v) is 13.9. The molecule has 0 aliphatic carbocycles. The van der Waals surface area contributed by atoms with Crippen molar-refractivity contribution in [2.24, 2.45) is 0 Å². The molecule has 1 amide bonds. The zero-order valence-corrected chi connectivity index (χ0v) is 44.3. The van der Waals surface area contributed by atoms with E-state index >= 15 is 0 Å². The second-order valence-electron chi connectivity index (χ2n) is 20.3. The Morgan fingerprint density at radius 1 is 0.493 bits per heavy atom. The van der Waals surface area contributed by atoms with Crippen LogP contribution >= 0.6 is 0 Å². The predicted molar refractivity (Wildman–Crippen MR) is 284 cm³/mol. The number of rotatable bonds is 49. The Morgan fingerprint density at radius 3 is 1.29 bits per heavy atom. The summed E-state index contributed by atoms with van der Waals surface area (Å²) in [6.45, 7) is 3.44. The highest BCUT2D eigenvalue weighted by Crippen LogP contribution is 2.23. The monoisotopic (exact) mass is 980 g/mol. The average Bonchev–Trinajstić information content (AvgIpc) is 3.35. The molecule has 1 saturated heterocycles. The van der Waals surface area contributed by atoms with Gasteiger partial charge in [0.15, 0.2) is 6.29 Å². The summed E-state index contributed by atoms with van der Waals surface area (Å²) >= 11 is 0. The number of carbonyl (C=O) groups excluding carboxylic acids is 1. The van der Waals surface area contributed by atoms with E-state index in [0.717, 1.165) is 51.4 Å². The highest BCUT2D eigenvalue weighted by molar-refractivity contribution is 5.80. The number of aliphatic hydroxyl groups is 7. The van der Waals surface area contributed by atoms with Gasteiger partial charge in [0.2, 0.25) is 5.91 Å². The van der Waals surface area contributed by atoms with Gasteiger partial charge in [-0.2, -0.15) is 0 Å². The van der Waals surface area contributed by atoms with Crippen molar-refractivity contribution < 1.29 is 50.0 Å². The summed E-state index contributed by atoms with van der Waals surface area (Å²) in [5, 5.41) is 76.0. The van der Waals surface area contributed by atoms with Crippen LogP contribution in [0.5, 0.6) is 0 Å². The van der Waals surface area contributed by atoms with E-state index in [4.69, 9.17) is 9.47 Å². The van der Waals surface area contributed by atoms with E-state index in [2.05, 4.69) is 55.6 Å². The van der Waals surface area contributed by atoms with Gasteiger partial charge in [-0.1, -0.05) is 217 Å². The maximum absolute atomic E-state index is 13.1. The fourth-order valence-corrected chi connectivity index (χ4v) is 9.16. The Hall–Kier alpha value is -1.67. The number of aliphatic hydroxyl groups excluding tert-OH is 7. The Bertz CT molecular complexity index is 1210. The minimum Gasteiger partial charge on any atom is -0.394 e. The van der Waals surface area contributed by atoms with E-state index in [1.807, 2.05) is 0 Å². The average molecular weight is 981 g/mol. The number of unbranched alkanes of at least 4 members (excludes halogenated alkanes) is 31. The molecule has 9 atom stereocenters. The molecule has 11 nitrogen and oxygen atoms in total. The van der Waals surface area contributed by atoms with Crippen LogP contribution < -0.4 is 5.32 Å². The summed E-state index contributed by atoms with van der Waals surface area (Å²) in [7, 11) is 0. The second-order valence-corrected chi connectivity index (χ2v) is 20.3. The molecule has 1 heterocycles. The highest BCUT2D eigenvalue weighted by Gasteiger charge is 2.44. The highest BCUT2D eigenvalue weighted by atomic mass is 16.7. The van der Waals surface area contributed by atoms with Crippen molar-refractivity contribution in [2.75, 3.05) is 13.2 Å². The lowest BCUT2D eigenvalue weighted by atomic mass is 9.98. The van der Waals surface area contributed by atoms with Crippen molar-refractivity contribution >= 4 is 5.91 Å². The molecule has 1 rings (SSSR count). The topological polar surface area (TPSA) is 189 Å². The first-order valence-electron chi connectivity index (χ1n) is 28.9. The Balaban J connectivity index is 2.33. The normalized spacial score (nSPS) is 20.6. The minimum absolute atomic E-state index is 0.237. The fourth-order valence-electron chi connectivity index (χ4n) is 9.16. The Morgan fingerprint density at radius 2 is 0.870 bits per heavy atom. The lowest BCUT2D eigenvalue weighted by Gasteiger charge is -2.40. The number of carbonyl (C=O) groups is 1. The third-order valence-electron chi connectivity index (χ3n) is 13.9. The number of amides is 1. The van der Waals surface area contributed by atoms with E-state index in [1.54, 1.807) is 0 Å². The van der Waals surface area contributed by atoms with E-state index in [-0.39, 0.29) is 12.8 Å². The molecule has 1 fully saturated rings. The first-order chi connectivity index (χ1) is 33.7. The van der Waals surface area contributed by atoms with Crippen molar-refractivity contribution in [2.45, 2.75) is 313 Å². The van der Waals surface area contributed by atoms with Gasteiger partial charge in [-0.05, 0) is 77.0 Å². The van der Waals surface area contributed by atoms with Crippen LogP contribution in [0.15, 0.2) is 36.5 Å². The molecule has 0 saturated carbocycles. The van der Waals surface area contributed by atoms with Gasteiger partial charge in [-0.3, -0.25) is 4.79 Å². The number of hydrogen-bond donors (Lipinski definition) is 8. The maximum atomic E-state index is 13.1. The predicted octanol–water partition coefficient (Wildman–Crippen LogP) is 11.9.